The second-order valence-electron chi connectivity index (χ2n) is 8.37. The zero-order chi connectivity index (χ0) is 21.3. The van der Waals surface area contributed by atoms with Gasteiger partial charge in [0, 0.05) is 24.1 Å². The SMILES string of the molecule is CCC1(CC)C[C@@H](NC(=O)Nc2cccc3c2C[C@H](O)CC3)c2cc(F)ccc2O1. The van der Waals surface area contributed by atoms with E-state index >= 15 is 0 Å². The normalized spacial score (nSPS) is 21.7. The number of hydrogen-bond acceptors (Lipinski definition) is 3. The zero-order valence-electron chi connectivity index (χ0n) is 17.5. The Balaban J connectivity index is 1.57. The number of hydrogen-bond donors (Lipinski definition) is 3. The van der Waals surface area contributed by atoms with E-state index in [2.05, 4.69) is 24.5 Å². The number of rotatable bonds is 4. The number of urea groups is 1. The summed E-state index contributed by atoms with van der Waals surface area (Å²) in [4.78, 5) is 12.9. The van der Waals surface area contributed by atoms with E-state index in [0.717, 1.165) is 36.8 Å². The number of ether oxygens (including phenoxy) is 1. The van der Waals surface area contributed by atoms with Gasteiger partial charge in [0.05, 0.1) is 12.1 Å². The second-order valence-corrected chi connectivity index (χ2v) is 8.37. The number of anilines is 1. The first-order valence-corrected chi connectivity index (χ1v) is 10.8. The van der Waals surface area contributed by atoms with Crippen LogP contribution < -0.4 is 15.4 Å². The number of carbonyl (C=O) groups is 1. The number of nitrogens with one attached hydrogen (secondary N) is 2. The fourth-order valence-electron chi connectivity index (χ4n) is 4.66. The van der Waals surface area contributed by atoms with Crippen LogP contribution in [0.2, 0.25) is 0 Å². The summed E-state index contributed by atoms with van der Waals surface area (Å²) in [6.45, 7) is 4.13. The second kappa shape index (κ2) is 8.26. The fourth-order valence-corrected chi connectivity index (χ4v) is 4.66. The molecule has 5 nitrogen and oxygen atoms in total. The van der Waals surface area contributed by atoms with Crippen molar-refractivity contribution in [2.75, 3.05) is 5.32 Å². The van der Waals surface area contributed by atoms with Crippen molar-refractivity contribution in [1.82, 2.24) is 5.32 Å². The van der Waals surface area contributed by atoms with Gasteiger partial charge in [-0.3, -0.25) is 0 Å². The quantitative estimate of drug-likeness (QED) is 0.670. The summed E-state index contributed by atoms with van der Waals surface area (Å²) in [5.74, 6) is 0.271. The molecule has 0 bridgehead atoms. The molecule has 6 heteroatoms. The molecule has 2 amide bonds. The van der Waals surface area contributed by atoms with Gasteiger partial charge in [0.25, 0.3) is 0 Å². The lowest BCUT2D eigenvalue weighted by Gasteiger charge is -2.41. The molecule has 0 spiro atoms. The first-order chi connectivity index (χ1) is 14.4. The number of benzene rings is 2. The Kier molecular flexibility index (Phi) is 5.69. The van der Waals surface area contributed by atoms with Crippen LogP contribution in [-0.2, 0) is 12.8 Å². The highest BCUT2D eigenvalue weighted by molar-refractivity contribution is 5.90. The third-order valence-corrected chi connectivity index (χ3v) is 6.55. The molecule has 2 aromatic rings. The predicted octanol–water partition coefficient (Wildman–Crippen LogP) is 4.88. The van der Waals surface area contributed by atoms with E-state index < -0.39 is 5.60 Å². The lowest BCUT2D eigenvalue weighted by Crippen LogP contribution is -2.45. The molecule has 2 aromatic carbocycles. The third-order valence-electron chi connectivity index (χ3n) is 6.55. The van der Waals surface area contributed by atoms with Crippen molar-refractivity contribution in [3.8, 4) is 5.75 Å². The molecule has 2 aliphatic rings. The minimum absolute atomic E-state index is 0.341. The van der Waals surface area contributed by atoms with Gasteiger partial charge in [0.2, 0.25) is 0 Å². The summed E-state index contributed by atoms with van der Waals surface area (Å²) >= 11 is 0. The largest absolute Gasteiger partial charge is 0.487 e. The maximum atomic E-state index is 13.9. The number of aliphatic hydroxyl groups excluding tert-OH is 1. The smallest absolute Gasteiger partial charge is 0.319 e. The van der Waals surface area contributed by atoms with Gasteiger partial charge < -0.3 is 20.5 Å². The minimum Gasteiger partial charge on any atom is -0.487 e. The summed E-state index contributed by atoms with van der Waals surface area (Å²) in [6.07, 6.45) is 3.86. The van der Waals surface area contributed by atoms with E-state index in [1.807, 2.05) is 18.2 Å². The topological polar surface area (TPSA) is 70.6 Å². The maximum absolute atomic E-state index is 13.9. The van der Waals surface area contributed by atoms with Crippen LogP contribution in [0.25, 0.3) is 0 Å². The molecule has 0 radical (unpaired) electrons. The van der Waals surface area contributed by atoms with Crippen LogP contribution in [0.1, 0.15) is 62.3 Å². The highest BCUT2D eigenvalue weighted by atomic mass is 19.1. The van der Waals surface area contributed by atoms with Crippen molar-refractivity contribution in [3.05, 3.63) is 58.9 Å². The van der Waals surface area contributed by atoms with Crippen LogP contribution in [-0.4, -0.2) is 22.8 Å². The molecule has 1 heterocycles. The molecule has 1 aliphatic heterocycles. The number of fused-ring (bicyclic) bond motifs is 2. The van der Waals surface area contributed by atoms with E-state index in [1.54, 1.807) is 6.07 Å². The van der Waals surface area contributed by atoms with Gasteiger partial charge in [-0.1, -0.05) is 26.0 Å². The van der Waals surface area contributed by atoms with Gasteiger partial charge >= 0.3 is 6.03 Å². The summed E-state index contributed by atoms with van der Waals surface area (Å²) in [6, 6.07) is 9.60. The zero-order valence-corrected chi connectivity index (χ0v) is 17.5. The molecule has 4 rings (SSSR count). The molecule has 2 atom stereocenters. The molecule has 1 aliphatic carbocycles. The molecular weight excluding hydrogens is 383 g/mol. The molecule has 160 valence electrons. The van der Waals surface area contributed by atoms with Crippen molar-refractivity contribution in [2.45, 2.75) is 70.1 Å². The third kappa shape index (κ3) is 4.01. The van der Waals surface area contributed by atoms with Gasteiger partial charge in [0.1, 0.15) is 17.2 Å². The van der Waals surface area contributed by atoms with Crippen LogP contribution in [0, 0.1) is 5.82 Å². The summed E-state index contributed by atoms with van der Waals surface area (Å²) < 4.78 is 20.1. The van der Waals surface area contributed by atoms with E-state index in [1.165, 1.54) is 12.1 Å². The molecule has 30 heavy (non-hydrogen) atoms. The molecule has 3 N–H and O–H groups in total. The van der Waals surface area contributed by atoms with Gasteiger partial charge in [-0.05, 0) is 61.1 Å². The lowest BCUT2D eigenvalue weighted by atomic mass is 9.83. The van der Waals surface area contributed by atoms with E-state index in [-0.39, 0.29) is 24.0 Å². The first-order valence-electron chi connectivity index (χ1n) is 10.8. The Morgan fingerprint density at radius 1 is 1.27 bits per heavy atom. The maximum Gasteiger partial charge on any atom is 0.319 e. The van der Waals surface area contributed by atoms with Crippen molar-refractivity contribution < 1.29 is 19.0 Å². The highest BCUT2D eigenvalue weighted by Crippen LogP contribution is 2.43. The first kappa shape index (κ1) is 20.7. The lowest BCUT2D eigenvalue weighted by molar-refractivity contribution is 0.0245. The standard InChI is InChI=1S/C24H29FN2O3/c1-3-24(4-2)14-21(19-12-16(25)9-11-22(19)30-24)27-23(29)26-20-7-5-6-15-8-10-17(28)13-18(15)20/h5-7,9,11-12,17,21,28H,3-4,8,10,13-14H2,1-2H3,(H2,26,27,29)/t17-,21-/m1/s1. The van der Waals surface area contributed by atoms with Gasteiger partial charge in [0.15, 0.2) is 0 Å². The van der Waals surface area contributed by atoms with E-state index in [9.17, 15) is 14.3 Å². The van der Waals surface area contributed by atoms with Crippen molar-refractivity contribution in [3.63, 3.8) is 0 Å². The molecule has 0 fully saturated rings. The van der Waals surface area contributed by atoms with Crippen molar-refractivity contribution in [2.24, 2.45) is 0 Å². The number of aryl methyl sites for hydroxylation is 1. The van der Waals surface area contributed by atoms with Crippen LogP contribution >= 0.6 is 0 Å². The average molecular weight is 413 g/mol. The average Bonchev–Trinajstić information content (AvgIpc) is 2.74. The number of carbonyl (C=O) groups excluding carboxylic acids is 1. The Morgan fingerprint density at radius 2 is 2.07 bits per heavy atom. The summed E-state index contributed by atoms with van der Waals surface area (Å²) in [5.41, 5.74) is 3.13. The Hall–Kier alpha value is -2.60. The highest BCUT2D eigenvalue weighted by Gasteiger charge is 2.39. The van der Waals surface area contributed by atoms with Gasteiger partial charge in [-0.25, -0.2) is 9.18 Å². The molecule has 0 aromatic heterocycles. The monoisotopic (exact) mass is 412 g/mol. The predicted molar refractivity (Wildman–Crippen MR) is 114 cm³/mol. The Morgan fingerprint density at radius 3 is 2.83 bits per heavy atom. The van der Waals surface area contributed by atoms with Crippen LogP contribution in [0.4, 0.5) is 14.9 Å². The van der Waals surface area contributed by atoms with Crippen molar-refractivity contribution >= 4 is 11.7 Å². The number of aliphatic hydroxyl groups is 1. The van der Waals surface area contributed by atoms with Gasteiger partial charge in [-0.2, -0.15) is 0 Å². The van der Waals surface area contributed by atoms with Crippen LogP contribution in [0.3, 0.4) is 0 Å². The van der Waals surface area contributed by atoms with Gasteiger partial charge in [-0.15, -0.1) is 0 Å². The van der Waals surface area contributed by atoms with Crippen LogP contribution in [0.15, 0.2) is 36.4 Å². The minimum atomic E-state index is -0.390. The summed E-state index contributed by atoms with van der Waals surface area (Å²) in [5, 5.41) is 16.0. The van der Waals surface area contributed by atoms with Crippen molar-refractivity contribution in [1.29, 1.82) is 0 Å². The van der Waals surface area contributed by atoms with E-state index in [0.29, 0.717) is 29.8 Å². The molecule has 0 saturated carbocycles. The number of halogens is 1. The Bertz CT molecular complexity index is 942. The fraction of sp³-hybridized carbons (Fsp3) is 0.458. The Labute approximate surface area is 176 Å². The van der Waals surface area contributed by atoms with Crippen LogP contribution in [0.5, 0.6) is 5.75 Å². The molecule has 0 unspecified atom stereocenters. The molecular formula is C24H29FN2O3. The van der Waals surface area contributed by atoms with E-state index in [4.69, 9.17) is 4.74 Å². The number of amides is 2. The summed E-state index contributed by atoms with van der Waals surface area (Å²) in [7, 11) is 0. The molecule has 0 saturated heterocycles.